The minimum Gasteiger partial charge on any atom is -0.435 e. The van der Waals surface area contributed by atoms with E-state index >= 15 is 0 Å². The first kappa shape index (κ1) is 16.8. The van der Waals surface area contributed by atoms with E-state index in [1.54, 1.807) is 0 Å². The molecule has 118 valence electrons. The van der Waals surface area contributed by atoms with E-state index in [0.29, 0.717) is 6.07 Å². The molecule has 22 heavy (non-hydrogen) atoms. The molecular weight excluding hydrogens is 350 g/mol. The van der Waals surface area contributed by atoms with Crippen molar-refractivity contribution in [3.8, 4) is 16.9 Å². The minimum atomic E-state index is -4.76. The summed E-state index contributed by atoms with van der Waals surface area (Å²) in [5.74, 6) is -0.587. The van der Waals surface area contributed by atoms with Crippen molar-refractivity contribution in [2.45, 2.75) is 12.8 Å². The summed E-state index contributed by atoms with van der Waals surface area (Å²) in [6, 6.07) is 6.54. The SMILES string of the molecule is FC(F)Oc1ccc(-c2ccc(Cl)cc2Cl)c(C(F)(F)F)c1. The Morgan fingerprint density at radius 3 is 2.09 bits per heavy atom. The van der Waals surface area contributed by atoms with Crippen LogP contribution < -0.4 is 4.74 Å². The monoisotopic (exact) mass is 356 g/mol. The minimum absolute atomic E-state index is 0.0144. The van der Waals surface area contributed by atoms with Gasteiger partial charge in [-0.15, -0.1) is 0 Å². The Morgan fingerprint density at radius 1 is 0.909 bits per heavy atom. The summed E-state index contributed by atoms with van der Waals surface area (Å²) in [6.07, 6.45) is -4.76. The number of benzene rings is 2. The van der Waals surface area contributed by atoms with Gasteiger partial charge < -0.3 is 4.74 Å². The summed E-state index contributed by atoms with van der Waals surface area (Å²) in [7, 11) is 0. The Bertz CT molecular complexity index is 685. The first-order chi connectivity index (χ1) is 10.2. The molecule has 0 amide bonds. The molecular formula is C14H7Cl2F5O. The van der Waals surface area contributed by atoms with Crippen LogP contribution in [0.2, 0.25) is 10.0 Å². The zero-order valence-electron chi connectivity index (χ0n) is 10.6. The van der Waals surface area contributed by atoms with Crippen molar-refractivity contribution in [3.05, 3.63) is 52.0 Å². The number of halogens is 7. The third kappa shape index (κ3) is 3.81. The van der Waals surface area contributed by atoms with Crippen LogP contribution in [-0.2, 0) is 6.18 Å². The lowest BCUT2D eigenvalue weighted by molar-refractivity contribution is -0.137. The average molecular weight is 357 g/mol. The lowest BCUT2D eigenvalue weighted by Gasteiger charge is -2.16. The molecule has 8 heteroatoms. The standard InChI is InChI=1S/C14H7Cl2F5O/c15-7-1-3-10(12(16)5-7)9-4-2-8(22-13(17)18)6-11(9)14(19,20)21/h1-6,13H. The Labute approximate surface area is 132 Å². The Balaban J connectivity index is 2.60. The molecule has 0 saturated carbocycles. The number of alkyl halides is 5. The van der Waals surface area contributed by atoms with Gasteiger partial charge in [0.2, 0.25) is 0 Å². The van der Waals surface area contributed by atoms with E-state index in [1.165, 1.54) is 18.2 Å². The van der Waals surface area contributed by atoms with E-state index in [1.807, 2.05) is 0 Å². The highest BCUT2D eigenvalue weighted by Gasteiger charge is 2.34. The lowest BCUT2D eigenvalue weighted by Crippen LogP contribution is -2.09. The fourth-order valence-electron chi connectivity index (χ4n) is 1.88. The third-order valence-corrected chi connectivity index (χ3v) is 3.29. The number of hydrogen-bond donors (Lipinski definition) is 0. The quantitative estimate of drug-likeness (QED) is 0.588. The third-order valence-electron chi connectivity index (χ3n) is 2.74. The number of hydrogen-bond acceptors (Lipinski definition) is 1. The second-order valence-electron chi connectivity index (χ2n) is 4.21. The summed E-state index contributed by atoms with van der Waals surface area (Å²) in [5.41, 5.74) is -1.30. The molecule has 0 saturated heterocycles. The van der Waals surface area contributed by atoms with E-state index in [4.69, 9.17) is 23.2 Å². The Hall–Kier alpha value is -1.53. The van der Waals surface area contributed by atoms with Gasteiger partial charge in [0.05, 0.1) is 5.56 Å². The van der Waals surface area contributed by atoms with Gasteiger partial charge in [0.1, 0.15) is 5.75 Å². The van der Waals surface area contributed by atoms with Crippen molar-refractivity contribution in [2.24, 2.45) is 0 Å². The maximum Gasteiger partial charge on any atom is 0.417 e. The first-order valence-electron chi connectivity index (χ1n) is 5.80. The van der Waals surface area contributed by atoms with E-state index in [-0.39, 0.29) is 21.2 Å². The van der Waals surface area contributed by atoms with Crippen LogP contribution in [0.4, 0.5) is 22.0 Å². The molecule has 0 atom stereocenters. The molecule has 0 aromatic heterocycles. The van der Waals surface area contributed by atoms with Crippen LogP contribution in [0.1, 0.15) is 5.56 Å². The molecule has 0 aliphatic carbocycles. The fourth-order valence-corrected chi connectivity index (χ4v) is 2.39. The molecule has 0 fully saturated rings. The van der Waals surface area contributed by atoms with Gasteiger partial charge in [-0.25, -0.2) is 0 Å². The van der Waals surface area contributed by atoms with Crippen molar-refractivity contribution >= 4 is 23.2 Å². The first-order valence-corrected chi connectivity index (χ1v) is 6.55. The van der Waals surface area contributed by atoms with Gasteiger partial charge in [-0.2, -0.15) is 22.0 Å². The van der Waals surface area contributed by atoms with E-state index < -0.39 is 24.1 Å². The molecule has 0 bridgehead atoms. The van der Waals surface area contributed by atoms with Crippen LogP contribution in [0.3, 0.4) is 0 Å². The molecule has 0 radical (unpaired) electrons. The molecule has 0 heterocycles. The molecule has 2 aromatic carbocycles. The van der Waals surface area contributed by atoms with E-state index in [0.717, 1.165) is 12.1 Å². The highest BCUT2D eigenvalue weighted by molar-refractivity contribution is 6.36. The van der Waals surface area contributed by atoms with Gasteiger partial charge in [0.25, 0.3) is 0 Å². The zero-order chi connectivity index (χ0) is 16.5. The molecule has 2 aromatic rings. The van der Waals surface area contributed by atoms with Crippen LogP contribution in [0.25, 0.3) is 11.1 Å². The average Bonchev–Trinajstić information content (AvgIpc) is 2.37. The van der Waals surface area contributed by atoms with Crippen molar-refractivity contribution in [3.63, 3.8) is 0 Å². The van der Waals surface area contributed by atoms with Gasteiger partial charge in [-0.05, 0) is 29.8 Å². The molecule has 0 spiro atoms. The zero-order valence-corrected chi connectivity index (χ0v) is 12.1. The number of rotatable bonds is 3. The maximum atomic E-state index is 13.2. The summed E-state index contributed by atoms with van der Waals surface area (Å²) in [5, 5.41) is 0.278. The topological polar surface area (TPSA) is 9.23 Å². The fraction of sp³-hybridized carbons (Fsp3) is 0.143. The van der Waals surface area contributed by atoms with Crippen LogP contribution >= 0.6 is 23.2 Å². The highest BCUT2D eigenvalue weighted by Crippen LogP contribution is 2.41. The molecule has 0 aliphatic rings. The lowest BCUT2D eigenvalue weighted by atomic mass is 9.99. The van der Waals surface area contributed by atoms with E-state index in [2.05, 4.69) is 4.74 Å². The van der Waals surface area contributed by atoms with Crippen LogP contribution in [-0.4, -0.2) is 6.61 Å². The van der Waals surface area contributed by atoms with Crippen molar-refractivity contribution in [2.75, 3.05) is 0 Å². The predicted molar refractivity (Wildman–Crippen MR) is 73.5 cm³/mol. The molecule has 0 aliphatic heterocycles. The largest absolute Gasteiger partial charge is 0.435 e. The van der Waals surface area contributed by atoms with Gasteiger partial charge in [-0.1, -0.05) is 35.3 Å². The normalized spacial score (nSPS) is 11.8. The number of ether oxygens (including phenoxy) is 1. The van der Waals surface area contributed by atoms with Gasteiger partial charge >= 0.3 is 12.8 Å². The summed E-state index contributed by atoms with van der Waals surface area (Å²) in [6.45, 7) is -3.22. The Kier molecular flexibility index (Phi) is 4.82. The molecule has 0 N–H and O–H groups in total. The summed E-state index contributed by atoms with van der Waals surface area (Å²) < 4.78 is 67.7. The predicted octanol–water partition coefficient (Wildman–Crippen LogP) is 6.28. The van der Waals surface area contributed by atoms with Gasteiger partial charge in [-0.3, -0.25) is 0 Å². The van der Waals surface area contributed by atoms with Gasteiger partial charge in [0.15, 0.2) is 0 Å². The molecule has 1 nitrogen and oxygen atoms in total. The summed E-state index contributed by atoms with van der Waals surface area (Å²) >= 11 is 11.6. The second-order valence-corrected chi connectivity index (χ2v) is 5.05. The highest BCUT2D eigenvalue weighted by atomic mass is 35.5. The van der Waals surface area contributed by atoms with Gasteiger partial charge in [0, 0.05) is 15.6 Å². The van der Waals surface area contributed by atoms with E-state index in [9.17, 15) is 22.0 Å². The van der Waals surface area contributed by atoms with Crippen molar-refractivity contribution < 1.29 is 26.7 Å². The molecule has 0 unspecified atom stereocenters. The maximum absolute atomic E-state index is 13.2. The molecule has 2 rings (SSSR count). The van der Waals surface area contributed by atoms with Crippen molar-refractivity contribution in [1.82, 2.24) is 0 Å². The second kappa shape index (κ2) is 6.30. The van der Waals surface area contributed by atoms with Crippen molar-refractivity contribution in [1.29, 1.82) is 0 Å². The Morgan fingerprint density at radius 2 is 1.55 bits per heavy atom. The smallest absolute Gasteiger partial charge is 0.417 e. The van der Waals surface area contributed by atoms with Crippen LogP contribution in [0, 0.1) is 0 Å². The summed E-state index contributed by atoms with van der Waals surface area (Å²) in [4.78, 5) is 0. The van der Waals surface area contributed by atoms with Crippen LogP contribution in [0.15, 0.2) is 36.4 Å². The van der Waals surface area contributed by atoms with Crippen LogP contribution in [0.5, 0.6) is 5.75 Å².